The number of hydrogen-bond donors (Lipinski definition) is 0. The Morgan fingerprint density at radius 2 is 1.56 bits per heavy atom. The van der Waals surface area contributed by atoms with Crippen molar-refractivity contribution in [1.29, 1.82) is 0 Å². The molecule has 0 aromatic heterocycles. The third-order valence-corrected chi connectivity index (χ3v) is 5.57. The van der Waals surface area contributed by atoms with Crippen molar-refractivity contribution in [3.05, 3.63) is 83.3 Å². The number of hydrogen-bond acceptors (Lipinski definition) is 5. The van der Waals surface area contributed by atoms with Gasteiger partial charge in [0.05, 0.1) is 24.3 Å². The first-order valence-electron chi connectivity index (χ1n) is 8.99. The number of nitrogens with zero attached hydrogens (tertiary/aromatic N) is 1. The van der Waals surface area contributed by atoms with Gasteiger partial charge >= 0.3 is 18.3 Å². The van der Waals surface area contributed by atoms with Crippen LogP contribution >= 0.6 is 0 Å². The smallest absolute Gasteiger partial charge is 0.359 e. The SMILES string of the molecule is COC(=O)C(=N/C(CS(=O)(=O)Cc1ccccc1)=C(\F)C(F)(F)C(F)F)c1ccccc1. The third kappa shape index (κ3) is 6.46. The van der Waals surface area contributed by atoms with Gasteiger partial charge in [-0.2, -0.15) is 8.78 Å². The molecule has 32 heavy (non-hydrogen) atoms. The molecular formula is C21H18F5NO4S. The second-order valence-corrected chi connectivity index (χ2v) is 8.58. The molecule has 0 radical (unpaired) electrons. The van der Waals surface area contributed by atoms with Crippen LogP contribution in [-0.2, 0) is 25.1 Å². The summed E-state index contributed by atoms with van der Waals surface area (Å²) in [4.78, 5) is 15.6. The molecule has 0 saturated heterocycles. The van der Waals surface area contributed by atoms with Gasteiger partial charge in [0.15, 0.2) is 21.4 Å². The maximum absolute atomic E-state index is 14.5. The van der Waals surface area contributed by atoms with Crippen molar-refractivity contribution in [2.45, 2.75) is 18.1 Å². The summed E-state index contributed by atoms with van der Waals surface area (Å²) in [7, 11) is -3.43. The van der Waals surface area contributed by atoms with E-state index in [1.165, 1.54) is 48.5 Å². The van der Waals surface area contributed by atoms with E-state index in [9.17, 15) is 35.2 Å². The molecule has 11 heteroatoms. The van der Waals surface area contributed by atoms with Crippen molar-refractivity contribution in [3.8, 4) is 0 Å². The highest BCUT2D eigenvalue weighted by atomic mass is 32.2. The van der Waals surface area contributed by atoms with E-state index in [-0.39, 0.29) is 11.1 Å². The van der Waals surface area contributed by atoms with Crippen LogP contribution in [0.5, 0.6) is 0 Å². The number of esters is 1. The van der Waals surface area contributed by atoms with Gasteiger partial charge in [0.1, 0.15) is 0 Å². The van der Waals surface area contributed by atoms with Crippen molar-refractivity contribution < 1.29 is 39.9 Å². The Bertz CT molecular complexity index is 1100. The number of carbonyl (C=O) groups excluding carboxylic acids is 1. The molecule has 0 atom stereocenters. The second-order valence-electron chi connectivity index (χ2n) is 6.52. The van der Waals surface area contributed by atoms with Gasteiger partial charge in [0.25, 0.3) is 0 Å². The summed E-state index contributed by atoms with van der Waals surface area (Å²) in [5.41, 5.74) is -2.01. The Kier molecular flexibility index (Phi) is 8.25. The number of methoxy groups -OCH3 is 1. The zero-order chi connectivity index (χ0) is 23.9. The fourth-order valence-corrected chi connectivity index (χ4v) is 3.99. The zero-order valence-electron chi connectivity index (χ0n) is 16.6. The van der Waals surface area contributed by atoms with Gasteiger partial charge < -0.3 is 4.74 Å². The lowest BCUT2D eigenvalue weighted by Crippen LogP contribution is -2.30. The van der Waals surface area contributed by atoms with Crippen LogP contribution in [-0.4, -0.2) is 45.3 Å². The Morgan fingerprint density at radius 1 is 1.03 bits per heavy atom. The molecule has 0 amide bonds. The lowest BCUT2D eigenvalue weighted by Gasteiger charge is -2.16. The topological polar surface area (TPSA) is 72.8 Å². The predicted molar refractivity (Wildman–Crippen MR) is 108 cm³/mol. The number of allylic oxidation sites excluding steroid dienone is 1. The van der Waals surface area contributed by atoms with Crippen LogP contribution in [0.1, 0.15) is 11.1 Å². The van der Waals surface area contributed by atoms with Crippen molar-refractivity contribution in [3.63, 3.8) is 0 Å². The van der Waals surface area contributed by atoms with Crippen LogP contribution in [0.25, 0.3) is 0 Å². The number of sulfone groups is 1. The summed E-state index contributed by atoms with van der Waals surface area (Å²) in [6.45, 7) is 0. The van der Waals surface area contributed by atoms with Gasteiger partial charge in [0, 0.05) is 5.56 Å². The van der Waals surface area contributed by atoms with E-state index < -0.39 is 56.9 Å². The Morgan fingerprint density at radius 3 is 2.06 bits per heavy atom. The van der Waals surface area contributed by atoms with Crippen LogP contribution in [0.2, 0.25) is 0 Å². The molecule has 5 nitrogen and oxygen atoms in total. The van der Waals surface area contributed by atoms with E-state index in [1.54, 1.807) is 12.1 Å². The van der Waals surface area contributed by atoms with E-state index in [4.69, 9.17) is 0 Å². The molecule has 2 aromatic carbocycles. The Hall–Kier alpha value is -3.08. The van der Waals surface area contributed by atoms with Crippen molar-refractivity contribution in [1.82, 2.24) is 0 Å². The van der Waals surface area contributed by atoms with Crippen LogP contribution in [0.15, 0.2) is 77.2 Å². The quantitative estimate of drug-likeness (QED) is 0.307. The number of aliphatic imine (C=N–C) groups is 1. The molecule has 0 saturated carbocycles. The summed E-state index contributed by atoms with van der Waals surface area (Å²) < 4.78 is 97.2. The minimum Gasteiger partial charge on any atom is -0.464 e. The molecule has 0 aliphatic heterocycles. The van der Waals surface area contributed by atoms with Crippen molar-refractivity contribution in [2.24, 2.45) is 4.99 Å². The third-order valence-electron chi connectivity index (χ3n) is 4.08. The largest absolute Gasteiger partial charge is 0.464 e. The number of ether oxygens (including phenoxy) is 1. The summed E-state index contributed by atoms with van der Waals surface area (Å²) >= 11 is 0. The lowest BCUT2D eigenvalue weighted by atomic mass is 10.1. The monoisotopic (exact) mass is 475 g/mol. The minimum absolute atomic E-state index is 0.0227. The zero-order valence-corrected chi connectivity index (χ0v) is 17.5. The van der Waals surface area contributed by atoms with Crippen LogP contribution in [0.3, 0.4) is 0 Å². The van der Waals surface area contributed by atoms with Crippen LogP contribution < -0.4 is 0 Å². The molecule has 0 aliphatic rings. The summed E-state index contributed by atoms with van der Waals surface area (Å²) in [5.74, 6) is -11.4. The first-order valence-corrected chi connectivity index (χ1v) is 10.8. The highest BCUT2D eigenvalue weighted by Crippen LogP contribution is 2.35. The molecule has 2 rings (SSSR count). The highest BCUT2D eigenvalue weighted by Gasteiger charge is 2.48. The Balaban J connectivity index is 2.63. The average Bonchev–Trinajstić information content (AvgIpc) is 2.76. The highest BCUT2D eigenvalue weighted by molar-refractivity contribution is 7.90. The molecule has 0 aliphatic carbocycles. The number of rotatable bonds is 9. The second kappa shape index (κ2) is 10.5. The molecule has 2 aromatic rings. The van der Waals surface area contributed by atoms with Crippen molar-refractivity contribution >= 4 is 21.5 Å². The summed E-state index contributed by atoms with van der Waals surface area (Å²) in [5, 5.41) is 0. The van der Waals surface area contributed by atoms with Gasteiger partial charge in [0.2, 0.25) is 0 Å². The first-order chi connectivity index (χ1) is 15.0. The van der Waals surface area contributed by atoms with Gasteiger partial charge in [-0.3, -0.25) is 0 Å². The molecule has 0 unspecified atom stereocenters. The van der Waals surface area contributed by atoms with Gasteiger partial charge in [-0.1, -0.05) is 60.7 Å². The molecule has 172 valence electrons. The standard InChI is InChI=1S/C21H18F5NO4S/c1-31-19(28)17(15-10-6-3-7-11-15)27-16(18(22)21(25,26)20(23)24)13-32(29,30)12-14-8-4-2-5-9-14/h2-11,20H,12-13H2,1H3/b18-16-,27-17?. The van der Waals surface area contributed by atoms with E-state index in [2.05, 4.69) is 9.73 Å². The molecule has 0 heterocycles. The first kappa shape index (κ1) is 25.2. The Labute approximate surface area is 181 Å². The minimum atomic E-state index is -5.32. The number of alkyl halides is 4. The van der Waals surface area contributed by atoms with Gasteiger partial charge in [-0.15, -0.1) is 0 Å². The maximum atomic E-state index is 14.5. The molecule has 0 fully saturated rings. The average molecular weight is 475 g/mol. The molecule has 0 spiro atoms. The predicted octanol–water partition coefficient (Wildman–Crippen LogP) is 4.35. The summed E-state index contributed by atoms with van der Waals surface area (Å²) in [6, 6.07) is 14.5. The number of halogens is 5. The molecule has 0 N–H and O–H groups in total. The van der Waals surface area contributed by atoms with E-state index in [1.807, 2.05) is 0 Å². The van der Waals surface area contributed by atoms with Gasteiger partial charge in [-0.05, 0) is 5.56 Å². The summed E-state index contributed by atoms with van der Waals surface area (Å²) in [6.07, 6.45) is -4.47. The fraction of sp³-hybridized carbons (Fsp3) is 0.238. The fourth-order valence-electron chi connectivity index (χ4n) is 2.58. The maximum Gasteiger partial charge on any atom is 0.359 e. The molecular weight excluding hydrogens is 457 g/mol. The van der Waals surface area contributed by atoms with Crippen LogP contribution in [0, 0.1) is 0 Å². The van der Waals surface area contributed by atoms with Crippen molar-refractivity contribution in [2.75, 3.05) is 12.9 Å². The normalized spacial score (nSPS) is 13.7. The van der Waals surface area contributed by atoms with E-state index >= 15 is 0 Å². The number of carbonyl (C=O) groups is 1. The van der Waals surface area contributed by atoms with E-state index in [0.29, 0.717) is 0 Å². The van der Waals surface area contributed by atoms with E-state index in [0.717, 1.165) is 7.11 Å². The van der Waals surface area contributed by atoms with Crippen LogP contribution in [0.4, 0.5) is 22.0 Å². The number of benzene rings is 2. The lowest BCUT2D eigenvalue weighted by molar-refractivity contribution is -0.132. The van der Waals surface area contributed by atoms with Gasteiger partial charge in [-0.25, -0.2) is 31.4 Å². The molecule has 0 bridgehead atoms.